The Morgan fingerprint density at radius 2 is 1.97 bits per heavy atom. The van der Waals surface area contributed by atoms with Crippen LogP contribution in [0, 0.1) is 17.1 Å². The first kappa shape index (κ1) is 22.3. The molecule has 154 valence electrons. The number of H-pyrrole nitrogens is 1. The Hall–Kier alpha value is -4.03. The van der Waals surface area contributed by atoms with Crippen LogP contribution in [0.4, 0.5) is 4.39 Å². The molecule has 0 unspecified atom stereocenters. The van der Waals surface area contributed by atoms with Gasteiger partial charge in [0.15, 0.2) is 0 Å². The topological polar surface area (TPSA) is 139 Å². The van der Waals surface area contributed by atoms with Crippen molar-refractivity contribution in [3.05, 3.63) is 77.4 Å². The molecule has 0 saturated heterocycles. The van der Waals surface area contributed by atoms with E-state index in [1.165, 1.54) is 12.1 Å². The predicted octanol–water partition coefficient (Wildman–Crippen LogP) is 2.62. The zero-order chi connectivity index (χ0) is 21.9. The van der Waals surface area contributed by atoms with Crippen LogP contribution in [-0.2, 0) is 22.6 Å². The highest BCUT2D eigenvalue weighted by Gasteiger charge is 2.05. The van der Waals surface area contributed by atoms with Crippen molar-refractivity contribution in [3.63, 3.8) is 0 Å². The van der Waals surface area contributed by atoms with E-state index in [0.717, 1.165) is 35.1 Å². The van der Waals surface area contributed by atoms with Crippen LogP contribution in [0.15, 0.2) is 54.9 Å². The standard InChI is InChI=1S/C17H15FN4.C4H4O4/c18-15-3-1-2-12(6-15)9-20-5-4-14-11-22-17-16(14)7-13(8-19)10-21-17;5-3(6)1-2-4(7)8/h1-3,6-7,10-11,20H,4-5,9H2,(H,21,22);1-2H,(H,5,6)(H,7,8)/b;2-1+. The van der Waals surface area contributed by atoms with E-state index in [2.05, 4.69) is 21.4 Å². The van der Waals surface area contributed by atoms with Crippen molar-refractivity contribution >= 4 is 23.0 Å². The Morgan fingerprint density at radius 1 is 1.23 bits per heavy atom. The molecule has 0 atom stereocenters. The van der Waals surface area contributed by atoms with Crippen LogP contribution in [0.1, 0.15) is 16.7 Å². The monoisotopic (exact) mass is 410 g/mol. The largest absolute Gasteiger partial charge is 0.478 e. The maximum absolute atomic E-state index is 13.1. The third-order valence-corrected chi connectivity index (χ3v) is 3.90. The second-order valence-electron chi connectivity index (χ2n) is 6.11. The highest BCUT2D eigenvalue weighted by atomic mass is 19.1. The summed E-state index contributed by atoms with van der Waals surface area (Å²) in [6.45, 7) is 1.39. The van der Waals surface area contributed by atoms with Gasteiger partial charge >= 0.3 is 11.9 Å². The molecular weight excluding hydrogens is 391 g/mol. The summed E-state index contributed by atoms with van der Waals surface area (Å²) in [6, 6.07) is 10.5. The second kappa shape index (κ2) is 11.1. The van der Waals surface area contributed by atoms with E-state index in [1.807, 2.05) is 18.3 Å². The molecule has 1 aromatic carbocycles. The van der Waals surface area contributed by atoms with Crippen molar-refractivity contribution in [3.8, 4) is 6.07 Å². The van der Waals surface area contributed by atoms with Crippen LogP contribution in [0.25, 0.3) is 11.0 Å². The van der Waals surface area contributed by atoms with Gasteiger partial charge in [0, 0.05) is 36.5 Å². The first-order chi connectivity index (χ1) is 14.4. The molecule has 8 nitrogen and oxygen atoms in total. The Labute approximate surface area is 171 Å². The number of nitriles is 1. The van der Waals surface area contributed by atoms with Gasteiger partial charge in [-0.05, 0) is 42.3 Å². The van der Waals surface area contributed by atoms with Gasteiger partial charge in [0.05, 0.1) is 5.56 Å². The number of aliphatic carboxylic acids is 2. The number of nitrogens with one attached hydrogen (secondary N) is 2. The summed E-state index contributed by atoms with van der Waals surface area (Å²) in [5.41, 5.74) is 3.39. The number of aromatic nitrogens is 2. The van der Waals surface area contributed by atoms with E-state index in [9.17, 15) is 14.0 Å². The van der Waals surface area contributed by atoms with Crippen LogP contribution < -0.4 is 5.32 Å². The number of hydrogen-bond acceptors (Lipinski definition) is 5. The van der Waals surface area contributed by atoms with Gasteiger partial charge < -0.3 is 20.5 Å². The molecule has 2 heterocycles. The van der Waals surface area contributed by atoms with Gasteiger partial charge in [0.1, 0.15) is 17.5 Å². The van der Waals surface area contributed by atoms with Crippen LogP contribution in [0.3, 0.4) is 0 Å². The summed E-state index contributed by atoms with van der Waals surface area (Å²) < 4.78 is 13.1. The normalized spacial score (nSPS) is 10.4. The summed E-state index contributed by atoms with van der Waals surface area (Å²) in [7, 11) is 0. The van der Waals surface area contributed by atoms with Crippen LogP contribution in [0.2, 0.25) is 0 Å². The number of halogens is 1. The lowest BCUT2D eigenvalue weighted by molar-refractivity contribution is -0.134. The Morgan fingerprint density at radius 3 is 2.60 bits per heavy atom. The maximum atomic E-state index is 13.1. The Kier molecular flexibility index (Phi) is 8.23. The molecule has 0 amide bonds. The number of benzene rings is 1. The minimum absolute atomic E-state index is 0.217. The van der Waals surface area contributed by atoms with Gasteiger partial charge in [-0.2, -0.15) is 5.26 Å². The van der Waals surface area contributed by atoms with Gasteiger partial charge in [0.2, 0.25) is 0 Å². The van der Waals surface area contributed by atoms with Crippen LogP contribution >= 0.6 is 0 Å². The molecule has 3 aromatic rings. The van der Waals surface area contributed by atoms with Gasteiger partial charge in [0.25, 0.3) is 0 Å². The third-order valence-electron chi connectivity index (χ3n) is 3.90. The quantitative estimate of drug-likeness (QED) is 0.347. The molecule has 0 fully saturated rings. The van der Waals surface area contributed by atoms with E-state index in [-0.39, 0.29) is 5.82 Å². The Balaban J connectivity index is 0.000000343. The molecule has 0 spiro atoms. The summed E-state index contributed by atoms with van der Waals surface area (Å²) >= 11 is 0. The predicted molar refractivity (Wildman–Crippen MR) is 107 cm³/mol. The summed E-state index contributed by atoms with van der Waals surface area (Å²) in [4.78, 5) is 26.4. The molecule has 0 aliphatic heterocycles. The minimum atomic E-state index is -1.26. The lowest BCUT2D eigenvalue weighted by Gasteiger charge is -2.05. The first-order valence-electron chi connectivity index (χ1n) is 8.84. The zero-order valence-electron chi connectivity index (χ0n) is 15.8. The van der Waals surface area contributed by atoms with Gasteiger partial charge in [-0.3, -0.25) is 0 Å². The average molecular weight is 410 g/mol. The number of aromatic amines is 1. The maximum Gasteiger partial charge on any atom is 0.328 e. The lowest BCUT2D eigenvalue weighted by atomic mass is 10.1. The molecule has 4 N–H and O–H groups in total. The van der Waals surface area contributed by atoms with Crippen molar-refractivity contribution in [2.45, 2.75) is 13.0 Å². The number of rotatable bonds is 7. The van der Waals surface area contributed by atoms with Crippen molar-refractivity contribution < 1.29 is 24.2 Å². The lowest BCUT2D eigenvalue weighted by Crippen LogP contribution is -2.16. The number of carboxylic acid groups (broad SMARTS) is 2. The highest BCUT2D eigenvalue weighted by Crippen LogP contribution is 2.17. The van der Waals surface area contributed by atoms with E-state index in [0.29, 0.717) is 24.3 Å². The number of fused-ring (bicyclic) bond motifs is 1. The van der Waals surface area contributed by atoms with Gasteiger partial charge in [-0.25, -0.2) is 19.0 Å². The molecule has 0 saturated carbocycles. The average Bonchev–Trinajstić information content (AvgIpc) is 3.12. The first-order valence-corrected chi connectivity index (χ1v) is 8.84. The molecule has 0 aliphatic carbocycles. The summed E-state index contributed by atoms with van der Waals surface area (Å²) in [6.07, 6.45) is 5.41. The number of carbonyl (C=O) groups is 2. The molecule has 30 heavy (non-hydrogen) atoms. The van der Waals surface area contributed by atoms with Crippen molar-refractivity contribution in [1.82, 2.24) is 15.3 Å². The fraction of sp³-hybridized carbons (Fsp3) is 0.143. The van der Waals surface area contributed by atoms with Crippen LogP contribution in [0.5, 0.6) is 0 Å². The van der Waals surface area contributed by atoms with E-state index < -0.39 is 11.9 Å². The molecular formula is C21H19FN4O4. The molecule has 0 radical (unpaired) electrons. The van der Waals surface area contributed by atoms with E-state index >= 15 is 0 Å². The number of nitrogens with zero attached hydrogens (tertiary/aromatic N) is 2. The highest BCUT2D eigenvalue weighted by molar-refractivity contribution is 5.89. The van der Waals surface area contributed by atoms with Gasteiger partial charge in [-0.15, -0.1) is 0 Å². The van der Waals surface area contributed by atoms with Crippen molar-refractivity contribution in [2.75, 3.05) is 6.54 Å². The van der Waals surface area contributed by atoms with E-state index in [4.69, 9.17) is 15.5 Å². The van der Waals surface area contributed by atoms with Crippen LogP contribution in [-0.4, -0.2) is 38.7 Å². The molecule has 9 heteroatoms. The minimum Gasteiger partial charge on any atom is -0.478 e. The fourth-order valence-electron chi connectivity index (χ4n) is 2.57. The molecule has 3 rings (SSSR count). The fourth-order valence-corrected chi connectivity index (χ4v) is 2.57. The smallest absolute Gasteiger partial charge is 0.328 e. The number of hydrogen-bond donors (Lipinski definition) is 4. The zero-order valence-corrected chi connectivity index (χ0v) is 15.8. The van der Waals surface area contributed by atoms with Crippen molar-refractivity contribution in [2.24, 2.45) is 0 Å². The van der Waals surface area contributed by atoms with E-state index in [1.54, 1.807) is 12.3 Å². The van der Waals surface area contributed by atoms with Crippen molar-refractivity contribution in [1.29, 1.82) is 5.26 Å². The summed E-state index contributed by atoms with van der Waals surface area (Å²) in [5, 5.41) is 28.8. The molecule has 2 aromatic heterocycles. The molecule has 0 bridgehead atoms. The number of carboxylic acids is 2. The second-order valence-corrected chi connectivity index (χ2v) is 6.11. The summed E-state index contributed by atoms with van der Waals surface area (Å²) in [5.74, 6) is -2.73. The Bertz CT molecular complexity index is 1090. The van der Waals surface area contributed by atoms with Gasteiger partial charge in [-0.1, -0.05) is 12.1 Å². The third kappa shape index (κ3) is 7.18. The molecule has 0 aliphatic rings. The SMILES string of the molecule is N#Cc1cnc2[nH]cc(CCNCc3cccc(F)c3)c2c1.O=C(O)/C=C/C(=O)O. The number of pyridine rings is 1.